The van der Waals surface area contributed by atoms with Crippen LogP contribution in [0, 0.1) is 0 Å². The minimum Gasteiger partial charge on any atom is -0.463 e. The normalized spacial score (nSPS) is 12.8. The van der Waals surface area contributed by atoms with Crippen LogP contribution in [0.5, 0.6) is 11.5 Å². The van der Waals surface area contributed by atoms with Gasteiger partial charge in [0.15, 0.2) is 0 Å². The first-order chi connectivity index (χ1) is 11.4. The molecule has 0 aromatic heterocycles. The van der Waals surface area contributed by atoms with Gasteiger partial charge in [-0.3, -0.25) is 0 Å². The molecule has 0 saturated carbocycles. The Morgan fingerprint density at radius 2 is 0.840 bits per heavy atom. The van der Waals surface area contributed by atoms with Gasteiger partial charge in [-0.15, -0.1) is 0 Å². The van der Waals surface area contributed by atoms with E-state index in [1.807, 2.05) is 48.5 Å². The van der Waals surface area contributed by atoms with Gasteiger partial charge in [0.2, 0.25) is 11.6 Å². The van der Waals surface area contributed by atoms with Gasteiger partial charge < -0.3 is 19.7 Å². The first-order valence-electron chi connectivity index (χ1n) is 8.41. The van der Waals surface area contributed by atoms with Crippen LogP contribution in [0.25, 0.3) is 0 Å². The predicted octanol–water partition coefficient (Wildman–Crippen LogP) is 4.23. The quantitative estimate of drug-likeness (QED) is 0.770. The molecule has 0 bridgehead atoms. The predicted molar refractivity (Wildman–Crippen MR) is 98.9 cm³/mol. The van der Waals surface area contributed by atoms with E-state index in [0.717, 1.165) is 11.1 Å². The Balaban J connectivity index is 2.20. The van der Waals surface area contributed by atoms with Gasteiger partial charge in [-0.1, -0.05) is 38.1 Å². The lowest BCUT2D eigenvalue weighted by Crippen LogP contribution is -2.27. The third-order valence-electron chi connectivity index (χ3n) is 3.89. The van der Waals surface area contributed by atoms with Crippen molar-refractivity contribution >= 4 is 0 Å². The molecule has 2 aromatic rings. The van der Waals surface area contributed by atoms with Gasteiger partial charge in [-0.05, 0) is 35.4 Å². The second-order valence-corrected chi connectivity index (χ2v) is 7.77. The van der Waals surface area contributed by atoms with Crippen LogP contribution in [-0.4, -0.2) is 21.8 Å². The largest absolute Gasteiger partial charge is 0.463 e. The molecular weight excluding hydrogens is 316 g/mol. The fraction of sp³-hybridized carbons (Fsp3) is 0.429. The van der Waals surface area contributed by atoms with E-state index in [1.54, 1.807) is 27.7 Å². The molecule has 0 heterocycles. The molecule has 0 aliphatic heterocycles. The van der Waals surface area contributed by atoms with E-state index in [-0.39, 0.29) is 5.41 Å². The molecular formula is C21H28O4. The molecule has 0 unspecified atom stereocenters. The Hall–Kier alpha value is -2.04. The van der Waals surface area contributed by atoms with E-state index in [0.29, 0.717) is 11.5 Å². The molecule has 4 heteroatoms. The average Bonchev–Trinajstić information content (AvgIpc) is 2.45. The summed E-state index contributed by atoms with van der Waals surface area (Å²) in [5, 5.41) is 19.5. The molecule has 4 nitrogen and oxygen atoms in total. The van der Waals surface area contributed by atoms with E-state index in [9.17, 15) is 10.2 Å². The summed E-state index contributed by atoms with van der Waals surface area (Å²) in [7, 11) is 0. The topological polar surface area (TPSA) is 58.9 Å². The van der Waals surface area contributed by atoms with Gasteiger partial charge in [-0.2, -0.15) is 0 Å². The Kier molecular flexibility index (Phi) is 5.17. The Morgan fingerprint density at radius 1 is 0.560 bits per heavy atom. The van der Waals surface area contributed by atoms with Crippen LogP contribution in [0.15, 0.2) is 48.5 Å². The standard InChI is InChI=1S/C21H28O4/c1-19(2,15-7-11-17(12-8-15)24-20(3,4)22)16-9-13-18(14-10-16)25-21(5,6)23/h7-14,22-23H,1-6H3. The first-order valence-corrected chi connectivity index (χ1v) is 8.41. The maximum Gasteiger partial charge on any atom is 0.202 e. The van der Waals surface area contributed by atoms with E-state index >= 15 is 0 Å². The molecule has 0 radical (unpaired) electrons. The molecule has 2 rings (SSSR count). The zero-order valence-corrected chi connectivity index (χ0v) is 15.8. The fourth-order valence-electron chi connectivity index (χ4n) is 2.62. The summed E-state index contributed by atoms with van der Waals surface area (Å²) in [6.07, 6.45) is 0. The SMILES string of the molecule is CC(C)(O)Oc1ccc(C(C)(C)c2ccc(OC(C)(C)O)cc2)cc1. The Bertz CT molecular complexity index is 625. The van der Waals surface area contributed by atoms with Crippen LogP contribution in [0.4, 0.5) is 0 Å². The third kappa shape index (κ3) is 5.48. The lowest BCUT2D eigenvalue weighted by Gasteiger charge is -2.27. The number of hydrogen-bond donors (Lipinski definition) is 2. The first kappa shape index (κ1) is 19.3. The summed E-state index contributed by atoms with van der Waals surface area (Å²) in [6.45, 7) is 10.7. The maximum atomic E-state index is 9.73. The molecule has 2 aromatic carbocycles. The van der Waals surface area contributed by atoms with Crippen molar-refractivity contribution in [2.45, 2.75) is 58.5 Å². The van der Waals surface area contributed by atoms with E-state index < -0.39 is 11.6 Å². The average molecular weight is 344 g/mol. The fourth-order valence-corrected chi connectivity index (χ4v) is 2.62. The van der Waals surface area contributed by atoms with Crippen molar-refractivity contribution in [2.24, 2.45) is 0 Å². The number of benzene rings is 2. The zero-order valence-electron chi connectivity index (χ0n) is 15.8. The van der Waals surface area contributed by atoms with Gasteiger partial charge in [0.25, 0.3) is 0 Å². The second-order valence-electron chi connectivity index (χ2n) is 7.77. The number of hydrogen-bond acceptors (Lipinski definition) is 4. The van der Waals surface area contributed by atoms with Crippen molar-refractivity contribution in [3.63, 3.8) is 0 Å². The van der Waals surface area contributed by atoms with E-state index in [1.165, 1.54) is 0 Å². The van der Waals surface area contributed by atoms with Crippen molar-refractivity contribution in [2.75, 3.05) is 0 Å². The lowest BCUT2D eigenvalue weighted by molar-refractivity contribution is -0.105. The maximum absolute atomic E-state index is 9.73. The smallest absolute Gasteiger partial charge is 0.202 e. The van der Waals surface area contributed by atoms with Crippen molar-refractivity contribution in [1.29, 1.82) is 0 Å². The van der Waals surface area contributed by atoms with Crippen molar-refractivity contribution in [1.82, 2.24) is 0 Å². The number of ether oxygens (including phenoxy) is 2. The lowest BCUT2D eigenvalue weighted by atomic mass is 9.78. The molecule has 0 aliphatic rings. The summed E-state index contributed by atoms with van der Waals surface area (Å²) in [5.74, 6) is -1.15. The molecule has 0 aliphatic carbocycles. The highest BCUT2D eigenvalue weighted by atomic mass is 16.6. The molecule has 0 saturated heterocycles. The Morgan fingerprint density at radius 3 is 1.08 bits per heavy atom. The minimum atomic E-state index is -1.20. The summed E-state index contributed by atoms with van der Waals surface area (Å²) >= 11 is 0. The second kappa shape index (κ2) is 6.70. The molecule has 136 valence electrons. The number of aliphatic hydroxyl groups is 2. The molecule has 0 amide bonds. The summed E-state index contributed by atoms with van der Waals surface area (Å²) in [5.41, 5.74) is 2.05. The molecule has 2 N–H and O–H groups in total. The van der Waals surface area contributed by atoms with Gasteiger partial charge >= 0.3 is 0 Å². The molecule has 0 fully saturated rings. The van der Waals surface area contributed by atoms with Crippen LogP contribution in [-0.2, 0) is 5.41 Å². The zero-order chi connectivity index (χ0) is 18.9. The van der Waals surface area contributed by atoms with Crippen LogP contribution >= 0.6 is 0 Å². The van der Waals surface area contributed by atoms with Crippen molar-refractivity contribution in [3.05, 3.63) is 59.7 Å². The number of rotatable bonds is 6. The van der Waals surface area contributed by atoms with Crippen LogP contribution in [0.2, 0.25) is 0 Å². The highest BCUT2D eigenvalue weighted by Crippen LogP contribution is 2.34. The molecule has 0 atom stereocenters. The monoisotopic (exact) mass is 344 g/mol. The molecule has 25 heavy (non-hydrogen) atoms. The highest BCUT2D eigenvalue weighted by Gasteiger charge is 2.24. The van der Waals surface area contributed by atoms with Gasteiger partial charge in [0, 0.05) is 33.1 Å². The summed E-state index contributed by atoms with van der Waals surface area (Å²) in [6, 6.07) is 15.5. The third-order valence-corrected chi connectivity index (χ3v) is 3.89. The Labute approximate surface area is 150 Å². The van der Waals surface area contributed by atoms with Crippen molar-refractivity contribution < 1.29 is 19.7 Å². The summed E-state index contributed by atoms with van der Waals surface area (Å²) in [4.78, 5) is 0. The summed E-state index contributed by atoms with van der Waals surface area (Å²) < 4.78 is 10.9. The van der Waals surface area contributed by atoms with Gasteiger partial charge in [0.05, 0.1) is 0 Å². The minimum absolute atomic E-state index is 0.208. The van der Waals surface area contributed by atoms with Gasteiger partial charge in [-0.25, -0.2) is 0 Å². The van der Waals surface area contributed by atoms with Gasteiger partial charge in [0.1, 0.15) is 11.5 Å². The van der Waals surface area contributed by atoms with Crippen LogP contribution in [0.1, 0.15) is 52.7 Å². The van der Waals surface area contributed by atoms with Crippen molar-refractivity contribution in [3.8, 4) is 11.5 Å². The molecule has 0 spiro atoms. The van der Waals surface area contributed by atoms with E-state index in [4.69, 9.17) is 9.47 Å². The van der Waals surface area contributed by atoms with E-state index in [2.05, 4.69) is 13.8 Å². The highest BCUT2D eigenvalue weighted by molar-refractivity contribution is 5.42. The van der Waals surface area contributed by atoms with Crippen LogP contribution < -0.4 is 9.47 Å². The van der Waals surface area contributed by atoms with Crippen LogP contribution in [0.3, 0.4) is 0 Å².